The molecule has 1 amide bonds. The summed E-state index contributed by atoms with van der Waals surface area (Å²) < 4.78 is 5.24. The number of anilines is 2. The lowest BCUT2D eigenvalue weighted by atomic mass is 10.1. The Morgan fingerprint density at radius 1 is 1.07 bits per heavy atom. The van der Waals surface area contributed by atoms with Crippen molar-refractivity contribution in [3.8, 4) is 5.75 Å². The van der Waals surface area contributed by atoms with Gasteiger partial charge in [0.15, 0.2) is 0 Å². The molecule has 0 aliphatic carbocycles. The molecule has 3 rings (SSSR count). The van der Waals surface area contributed by atoms with Gasteiger partial charge in [0.25, 0.3) is 5.91 Å². The van der Waals surface area contributed by atoms with E-state index in [9.17, 15) is 4.79 Å². The lowest BCUT2D eigenvalue weighted by Gasteiger charge is -2.22. The number of aromatic nitrogens is 1. The van der Waals surface area contributed by atoms with Crippen molar-refractivity contribution in [2.75, 3.05) is 31.0 Å². The van der Waals surface area contributed by atoms with Crippen molar-refractivity contribution in [2.45, 2.75) is 13.5 Å². The zero-order valence-electron chi connectivity index (χ0n) is 17.1. The normalized spacial score (nSPS) is 10.9. The number of aryl methyl sites for hydroxylation is 1. The number of hydrogen-bond acceptors (Lipinski definition) is 5. The summed E-state index contributed by atoms with van der Waals surface area (Å²) in [6, 6.07) is 15.7. The van der Waals surface area contributed by atoms with E-state index in [-0.39, 0.29) is 5.91 Å². The van der Waals surface area contributed by atoms with Crippen LogP contribution in [0.5, 0.6) is 5.75 Å². The highest BCUT2D eigenvalue weighted by atomic mass is 32.1. The number of thiazole rings is 1. The quantitative estimate of drug-likeness (QED) is 0.529. The molecule has 0 saturated heterocycles. The molecule has 0 saturated carbocycles. The SMILES string of the molecule is COc1ccc(N(Cc2ccc(N(C)C)cc2)C(=O)C=Cc2csc(C)n2)cc1. The Morgan fingerprint density at radius 3 is 2.28 bits per heavy atom. The Labute approximate surface area is 175 Å². The molecule has 5 nitrogen and oxygen atoms in total. The molecule has 0 radical (unpaired) electrons. The predicted octanol–water partition coefficient (Wildman–Crippen LogP) is 4.77. The molecule has 1 heterocycles. The molecule has 0 spiro atoms. The number of carbonyl (C=O) groups excluding carboxylic acids is 1. The van der Waals surface area contributed by atoms with Crippen molar-refractivity contribution in [3.05, 3.63) is 76.3 Å². The van der Waals surface area contributed by atoms with E-state index in [2.05, 4.69) is 22.0 Å². The predicted molar refractivity (Wildman–Crippen MR) is 121 cm³/mol. The summed E-state index contributed by atoms with van der Waals surface area (Å²) in [4.78, 5) is 21.2. The van der Waals surface area contributed by atoms with Crippen molar-refractivity contribution in [1.82, 2.24) is 4.98 Å². The van der Waals surface area contributed by atoms with Gasteiger partial charge in [0.1, 0.15) is 5.75 Å². The van der Waals surface area contributed by atoms with E-state index in [1.165, 1.54) is 0 Å². The third-order valence-electron chi connectivity index (χ3n) is 4.48. The second kappa shape index (κ2) is 9.39. The Balaban J connectivity index is 1.85. The molecule has 0 atom stereocenters. The first-order valence-corrected chi connectivity index (χ1v) is 10.2. The van der Waals surface area contributed by atoms with Crippen molar-refractivity contribution in [2.24, 2.45) is 0 Å². The molecule has 1 aromatic heterocycles. The Morgan fingerprint density at radius 2 is 1.72 bits per heavy atom. The zero-order valence-corrected chi connectivity index (χ0v) is 17.9. The van der Waals surface area contributed by atoms with Gasteiger partial charge in [-0.1, -0.05) is 12.1 Å². The van der Waals surface area contributed by atoms with Crippen LogP contribution in [-0.4, -0.2) is 32.1 Å². The van der Waals surface area contributed by atoms with E-state index in [4.69, 9.17) is 4.74 Å². The van der Waals surface area contributed by atoms with E-state index >= 15 is 0 Å². The fourth-order valence-electron chi connectivity index (χ4n) is 2.84. The van der Waals surface area contributed by atoms with Crippen molar-refractivity contribution in [1.29, 1.82) is 0 Å². The molecule has 2 aromatic carbocycles. The standard InChI is InChI=1S/C23H25N3O2S/c1-17-24-19(16-29-17)7-14-23(27)26(21-10-12-22(28-4)13-11-21)15-18-5-8-20(9-6-18)25(2)3/h5-14,16H,15H2,1-4H3. The highest BCUT2D eigenvalue weighted by Crippen LogP contribution is 2.23. The first-order valence-electron chi connectivity index (χ1n) is 9.28. The fourth-order valence-corrected chi connectivity index (χ4v) is 3.42. The van der Waals surface area contributed by atoms with E-state index < -0.39 is 0 Å². The van der Waals surface area contributed by atoms with Crippen LogP contribution in [0.15, 0.2) is 60.0 Å². The molecular weight excluding hydrogens is 382 g/mol. The summed E-state index contributed by atoms with van der Waals surface area (Å²) in [6.07, 6.45) is 3.34. The first-order chi connectivity index (χ1) is 14.0. The van der Waals surface area contributed by atoms with Crippen LogP contribution >= 0.6 is 11.3 Å². The molecule has 0 unspecified atom stereocenters. The molecule has 0 fully saturated rings. The topological polar surface area (TPSA) is 45.7 Å². The van der Waals surface area contributed by atoms with Gasteiger partial charge >= 0.3 is 0 Å². The molecule has 0 aliphatic rings. The van der Waals surface area contributed by atoms with Crippen LogP contribution in [0, 0.1) is 6.92 Å². The molecule has 0 N–H and O–H groups in total. The van der Waals surface area contributed by atoms with E-state index in [1.54, 1.807) is 35.5 Å². The monoisotopic (exact) mass is 407 g/mol. The summed E-state index contributed by atoms with van der Waals surface area (Å²) in [7, 11) is 5.64. The Bertz CT molecular complexity index is 976. The zero-order chi connectivity index (χ0) is 20.8. The van der Waals surface area contributed by atoms with Gasteiger partial charge in [0, 0.05) is 36.9 Å². The van der Waals surface area contributed by atoms with Crippen LogP contribution in [0.4, 0.5) is 11.4 Å². The smallest absolute Gasteiger partial charge is 0.251 e. The molecule has 150 valence electrons. The first kappa shape index (κ1) is 20.6. The highest BCUT2D eigenvalue weighted by molar-refractivity contribution is 7.09. The maximum atomic E-state index is 13.0. The number of ether oxygens (including phenoxy) is 1. The molecule has 29 heavy (non-hydrogen) atoms. The van der Waals surface area contributed by atoms with Crippen LogP contribution in [0.2, 0.25) is 0 Å². The highest BCUT2D eigenvalue weighted by Gasteiger charge is 2.15. The summed E-state index contributed by atoms with van der Waals surface area (Å²) in [5.41, 5.74) is 3.78. The van der Waals surface area contributed by atoms with Gasteiger partial charge in [-0.3, -0.25) is 4.79 Å². The van der Waals surface area contributed by atoms with Gasteiger partial charge in [-0.05, 0) is 55.0 Å². The van der Waals surface area contributed by atoms with Gasteiger partial charge in [-0.25, -0.2) is 4.98 Å². The van der Waals surface area contributed by atoms with Gasteiger partial charge in [0.05, 0.1) is 24.4 Å². The van der Waals surface area contributed by atoms with Gasteiger partial charge < -0.3 is 14.5 Å². The second-order valence-electron chi connectivity index (χ2n) is 6.81. The summed E-state index contributed by atoms with van der Waals surface area (Å²) >= 11 is 1.57. The maximum Gasteiger partial charge on any atom is 0.251 e. The molecular formula is C23H25N3O2S. The van der Waals surface area contributed by atoms with Crippen LogP contribution in [-0.2, 0) is 11.3 Å². The number of methoxy groups -OCH3 is 1. The van der Waals surface area contributed by atoms with Crippen LogP contribution in [0.3, 0.4) is 0 Å². The molecule has 3 aromatic rings. The number of benzene rings is 2. The third-order valence-corrected chi connectivity index (χ3v) is 5.27. The average molecular weight is 408 g/mol. The largest absolute Gasteiger partial charge is 0.497 e. The number of carbonyl (C=O) groups is 1. The molecule has 0 aliphatic heterocycles. The Hall–Kier alpha value is -3.12. The lowest BCUT2D eigenvalue weighted by Crippen LogP contribution is -2.28. The lowest BCUT2D eigenvalue weighted by molar-refractivity contribution is -0.114. The average Bonchev–Trinajstić information content (AvgIpc) is 3.16. The van der Waals surface area contributed by atoms with Gasteiger partial charge in [-0.15, -0.1) is 11.3 Å². The molecule has 6 heteroatoms. The van der Waals surface area contributed by atoms with E-state index in [1.807, 2.05) is 62.8 Å². The van der Waals surface area contributed by atoms with Crippen LogP contribution in [0.25, 0.3) is 6.08 Å². The van der Waals surface area contributed by atoms with Crippen molar-refractivity contribution in [3.63, 3.8) is 0 Å². The maximum absolute atomic E-state index is 13.0. The van der Waals surface area contributed by atoms with Gasteiger partial charge in [0.2, 0.25) is 0 Å². The number of amides is 1. The fraction of sp³-hybridized carbons (Fsp3) is 0.217. The summed E-state index contributed by atoms with van der Waals surface area (Å²) in [6.45, 7) is 2.42. The van der Waals surface area contributed by atoms with Gasteiger partial charge in [-0.2, -0.15) is 0 Å². The Kier molecular flexibility index (Phi) is 6.67. The van der Waals surface area contributed by atoms with Crippen LogP contribution < -0.4 is 14.5 Å². The summed E-state index contributed by atoms with van der Waals surface area (Å²) in [5, 5.41) is 2.92. The number of nitrogens with zero attached hydrogens (tertiary/aromatic N) is 3. The minimum absolute atomic E-state index is 0.0995. The van der Waals surface area contributed by atoms with E-state index in [0.717, 1.165) is 33.4 Å². The number of hydrogen-bond donors (Lipinski definition) is 0. The van der Waals surface area contributed by atoms with Crippen molar-refractivity contribution < 1.29 is 9.53 Å². The minimum Gasteiger partial charge on any atom is -0.497 e. The second-order valence-corrected chi connectivity index (χ2v) is 7.87. The summed E-state index contributed by atoms with van der Waals surface area (Å²) in [5.74, 6) is 0.655. The number of rotatable bonds is 7. The van der Waals surface area contributed by atoms with E-state index in [0.29, 0.717) is 6.54 Å². The molecule has 0 bridgehead atoms. The third kappa shape index (κ3) is 5.45. The van der Waals surface area contributed by atoms with Crippen molar-refractivity contribution >= 4 is 34.7 Å². The van der Waals surface area contributed by atoms with Crippen LogP contribution in [0.1, 0.15) is 16.3 Å². The minimum atomic E-state index is -0.0995.